The van der Waals surface area contributed by atoms with Crippen LogP contribution in [0.15, 0.2) is 59.9 Å². The van der Waals surface area contributed by atoms with Crippen molar-refractivity contribution in [1.82, 2.24) is 15.0 Å². The highest BCUT2D eigenvalue weighted by molar-refractivity contribution is 7.92. The fourth-order valence-corrected chi connectivity index (χ4v) is 4.02. The van der Waals surface area contributed by atoms with Gasteiger partial charge in [-0.3, -0.25) is 4.79 Å². The summed E-state index contributed by atoms with van der Waals surface area (Å²) in [5, 5.41) is 2.88. The summed E-state index contributed by atoms with van der Waals surface area (Å²) in [6, 6.07) is 8.66. The number of hydrogen-bond donors (Lipinski definition) is 2. The SMILES string of the molecule is O=C(Nc1ccc(S(=O)(=O)Nc2ncccn2)cc1)c1cnc(OC2CCOC2)c(Cl)c1. The predicted molar refractivity (Wildman–Crippen MR) is 116 cm³/mol. The van der Waals surface area contributed by atoms with E-state index in [0.29, 0.717) is 18.9 Å². The molecule has 0 aliphatic carbocycles. The van der Waals surface area contributed by atoms with E-state index < -0.39 is 15.9 Å². The van der Waals surface area contributed by atoms with Gasteiger partial charge in [-0.15, -0.1) is 0 Å². The zero-order chi connectivity index (χ0) is 22.6. The summed E-state index contributed by atoms with van der Waals surface area (Å²) in [4.78, 5) is 24.3. The monoisotopic (exact) mass is 475 g/mol. The number of aromatic nitrogens is 3. The van der Waals surface area contributed by atoms with Crippen LogP contribution in [0.5, 0.6) is 5.88 Å². The van der Waals surface area contributed by atoms with Crippen LogP contribution in [0.3, 0.4) is 0 Å². The van der Waals surface area contributed by atoms with Crippen molar-refractivity contribution in [3.63, 3.8) is 0 Å². The Morgan fingerprint density at radius 2 is 1.91 bits per heavy atom. The van der Waals surface area contributed by atoms with Crippen LogP contribution < -0.4 is 14.8 Å². The smallest absolute Gasteiger partial charge is 0.264 e. The van der Waals surface area contributed by atoms with E-state index in [9.17, 15) is 13.2 Å². The highest BCUT2D eigenvalue weighted by atomic mass is 35.5. The Morgan fingerprint density at radius 3 is 2.56 bits per heavy atom. The molecule has 4 rings (SSSR count). The van der Waals surface area contributed by atoms with Gasteiger partial charge in [-0.1, -0.05) is 11.6 Å². The minimum atomic E-state index is -3.87. The van der Waals surface area contributed by atoms with Gasteiger partial charge >= 0.3 is 0 Å². The molecular weight excluding hydrogens is 458 g/mol. The van der Waals surface area contributed by atoms with Gasteiger partial charge in [-0.25, -0.2) is 28.1 Å². The first-order valence-corrected chi connectivity index (χ1v) is 11.4. The van der Waals surface area contributed by atoms with E-state index >= 15 is 0 Å². The second-order valence-corrected chi connectivity index (χ2v) is 8.86. The van der Waals surface area contributed by atoms with Crippen LogP contribution in [0.25, 0.3) is 0 Å². The summed E-state index contributed by atoms with van der Waals surface area (Å²) in [6.07, 6.45) is 4.84. The van der Waals surface area contributed by atoms with Crippen LogP contribution in [0.4, 0.5) is 11.6 Å². The minimum Gasteiger partial charge on any atom is -0.471 e. The Labute approximate surface area is 189 Å². The fraction of sp³-hybridized carbons (Fsp3) is 0.200. The molecular formula is C20H18ClN5O5S. The number of pyridine rings is 1. The average Bonchev–Trinajstić information content (AvgIpc) is 3.29. The van der Waals surface area contributed by atoms with Crippen LogP contribution in [-0.4, -0.2) is 48.6 Å². The topological polar surface area (TPSA) is 132 Å². The molecule has 0 spiro atoms. The molecule has 1 aliphatic heterocycles. The van der Waals surface area contributed by atoms with Crippen LogP contribution in [0, 0.1) is 0 Å². The number of carbonyl (C=O) groups excluding carboxylic acids is 1. The lowest BCUT2D eigenvalue weighted by molar-refractivity contribution is 0.102. The summed E-state index contributed by atoms with van der Waals surface area (Å²) in [5.41, 5.74) is 0.620. The van der Waals surface area contributed by atoms with Gasteiger partial charge in [0, 0.05) is 30.7 Å². The van der Waals surface area contributed by atoms with Crippen LogP contribution in [0.1, 0.15) is 16.8 Å². The van der Waals surface area contributed by atoms with Crippen molar-refractivity contribution in [2.75, 3.05) is 23.3 Å². The normalized spacial score (nSPS) is 15.8. The average molecular weight is 476 g/mol. The number of benzene rings is 1. The molecule has 12 heteroatoms. The second kappa shape index (κ2) is 9.47. The molecule has 1 fully saturated rings. The number of rotatable bonds is 7. The number of amides is 1. The zero-order valence-corrected chi connectivity index (χ0v) is 18.1. The van der Waals surface area contributed by atoms with E-state index in [1.165, 1.54) is 48.9 Å². The highest BCUT2D eigenvalue weighted by Crippen LogP contribution is 2.25. The summed E-state index contributed by atoms with van der Waals surface area (Å²) in [5.74, 6) is -0.258. The van der Waals surface area contributed by atoms with Gasteiger partial charge in [0.15, 0.2) is 0 Å². The Morgan fingerprint density at radius 1 is 1.16 bits per heavy atom. The quantitative estimate of drug-likeness (QED) is 0.533. The molecule has 32 heavy (non-hydrogen) atoms. The first-order valence-electron chi connectivity index (χ1n) is 9.52. The van der Waals surface area contributed by atoms with Crippen LogP contribution in [0.2, 0.25) is 5.02 Å². The predicted octanol–water partition coefficient (Wildman–Crippen LogP) is 2.75. The number of carbonyl (C=O) groups is 1. The lowest BCUT2D eigenvalue weighted by Gasteiger charge is -2.13. The summed E-state index contributed by atoms with van der Waals surface area (Å²) < 4.78 is 38.1. The number of ether oxygens (including phenoxy) is 2. The van der Waals surface area contributed by atoms with Gasteiger partial charge in [0.2, 0.25) is 11.8 Å². The molecule has 2 N–H and O–H groups in total. The molecule has 10 nitrogen and oxygen atoms in total. The Balaban J connectivity index is 1.40. The molecule has 166 valence electrons. The van der Waals surface area contributed by atoms with Crippen molar-refractivity contribution in [3.05, 3.63) is 65.6 Å². The van der Waals surface area contributed by atoms with Gasteiger partial charge in [0.05, 0.1) is 23.7 Å². The Bertz CT molecular complexity index is 1200. The molecule has 0 bridgehead atoms. The number of sulfonamides is 1. The van der Waals surface area contributed by atoms with Gasteiger partial charge in [-0.2, -0.15) is 0 Å². The van der Waals surface area contributed by atoms with Crippen molar-refractivity contribution in [2.24, 2.45) is 0 Å². The van der Waals surface area contributed by atoms with E-state index in [-0.39, 0.29) is 33.4 Å². The van der Waals surface area contributed by atoms with Crippen LogP contribution >= 0.6 is 11.6 Å². The van der Waals surface area contributed by atoms with Gasteiger partial charge in [0.25, 0.3) is 15.9 Å². The molecule has 2 aromatic heterocycles. The van der Waals surface area contributed by atoms with E-state index in [1.807, 2.05) is 0 Å². The minimum absolute atomic E-state index is 0.00921. The third-order valence-electron chi connectivity index (χ3n) is 4.45. The molecule has 0 radical (unpaired) electrons. The van der Waals surface area contributed by atoms with Crippen molar-refractivity contribution in [2.45, 2.75) is 17.4 Å². The Hall–Kier alpha value is -3.28. The number of halogens is 1. The number of nitrogens with one attached hydrogen (secondary N) is 2. The maximum atomic E-state index is 12.5. The van der Waals surface area contributed by atoms with E-state index in [2.05, 4.69) is 25.0 Å². The van der Waals surface area contributed by atoms with E-state index in [0.717, 1.165) is 6.42 Å². The lowest BCUT2D eigenvalue weighted by Crippen LogP contribution is -2.17. The number of nitrogens with zero attached hydrogens (tertiary/aromatic N) is 3. The molecule has 3 aromatic rings. The molecule has 3 heterocycles. The Kier molecular flexibility index (Phi) is 6.49. The number of anilines is 2. The third kappa shape index (κ3) is 5.31. The standard InChI is InChI=1S/C20H18ClN5O5S/c21-17-10-13(11-24-19(17)31-15-6-9-30-12-15)18(27)25-14-2-4-16(5-3-14)32(28,29)26-20-22-7-1-8-23-20/h1-5,7-8,10-11,15H,6,9,12H2,(H,25,27)(H,22,23,26). The molecule has 1 unspecified atom stereocenters. The summed E-state index contributed by atoms with van der Waals surface area (Å²) >= 11 is 6.20. The first-order chi connectivity index (χ1) is 15.4. The molecule has 1 aromatic carbocycles. The third-order valence-corrected chi connectivity index (χ3v) is 6.06. The van der Waals surface area contributed by atoms with E-state index in [1.54, 1.807) is 6.07 Å². The maximum Gasteiger partial charge on any atom is 0.264 e. The van der Waals surface area contributed by atoms with Crippen molar-refractivity contribution >= 4 is 39.2 Å². The molecule has 1 aliphatic rings. The molecule has 1 amide bonds. The highest BCUT2D eigenvalue weighted by Gasteiger charge is 2.20. The maximum absolute atomic E-state index is 12.5. The first kappa shape index (κ1) is 21.9. The molecule has 1 saturated heterocycles. The number of hydrogen-bond acceptors (Lipinski definition) is 8. The molecule has 0 saturated carbocycles. The molecule has 1 atom stereocenters. The largest absolute Gasteiger partial charge is 0.471 e. The van der Waals surface area contributed by atoms with Gasteiger partial charge in [0.1, 0.15) is 11.1 Å². The van der Waals surface area contributed by atoms with E-state index in [4.69, 9.17) is 21.1 Å². The van der Waals surface area contributed by atoms with Crippen molar-refractivity contribution in [1.29, 1.82) is 0 Å². The summed E-state index contributed by atoms with van der Waals surface area (Å²) in [6.45, 7) is 1.10. The zero-order valence-electron chi connectivity index (χ0n) is 16.6. The van der Waals surface area contributed by atoms with Gasteiger partial charge < -0.3 is 14.8 Å². The summed E-state index contributed by atoms with van der Waals surface area (Å²) in [7, 11) is -3.87. The van der Waals surface area contributed by atoms with Gasteiger partial charge in [-0.05, 0) is 36.4 Å². The second-order valence-electron chi connectivity index (χ2n) is 6.77. The van der Waals surface area contributed by atoms with Crippen LogP contribution in [-0.2, 0) is 14.8 Å². The fourth-order valence-electron chi connectivity index (χ4n) is 2.85. The van der Waals surface area contributed by atoms with Crippen molar-refractivity contribution in [3.8, 4) is 5.88 Å². The van der Waals surface area contributed by atoms with Crippen molar-refractivity contribution < 1.29 is 22.7 Å². The lowest BCUT2D eigenvalue weighted by atomic mass is 10.2.